The third kappa shape index (κ3) is 4.83. The van der Waals surface area contributed by atoms with Crippen LogP contribution in [-0.4, -0.2) is 66.8 Å². The maximum absolute atomic E-state index is 12.9. The van der Waals surface area contributed by atoms with Crippen LogP contribution in [0.2, 0.25) is 0 Å². The van der Waals surface area contributed by atoms with Gasteiger partial charge in [-0.05, 0) is 52.4 Å². The van der Waals surface area contributed by atoms with Crippen molar-refractivity contribution in [3.8, 4) is 0 Å². The number of ether oxygens (including phenoxy) is 2. The van der Waals surface area contributed by atoms with Crippen LogP contribution in [0, 0.1) is 5.92 Å². The van der Waals surface area contributed by atoms with Crippen molar-refractivity contribution in [1.82, 2.24) is 9.80 Å². The van der Waals surface area contributed by atoms with Crippen molar-refractivity contribution >= 4 is 12.0 Å². The van der Waals surface area contributed by atoms with E-state index in [0.717, 1.165) is 38.8 Å². The Labute approximate surface area is 139 Å². The predicted octanol–water partition coefficient (Wildman–Crippen LogP) is 2.27. The molecule has 6 heteroatoms. The molecule has 2 aliphatic heterocycles. The summed E-state index contributed by atoms with van der Waals surface area (Å²) in [6.07, 6.45) is 3.30. The third-order valence-electron chi connectivity index (χ3n) is 4.40. The number of hydrogen-bond acceptors (Lipinski definition) is 4. The van der Waals surface area contributed by atoms with Gasteiger partial charge in [-0.2, -0.15) is 0 Å². The highest BCUT2D eigenvalue weighted by Crippen LogP contribution is 2.25. The van der Waals surface area contributed by atoms with Crippen molar-refractivity contribution in [3.63, 3.8) is 0 Å². The van der Waals surface area contributed by atoms with Crippen LogP contribution in [0.15, 0.2) is 0 Å². The standard InChI is InChI=1S/C17H30N2O4/c1-17(2,3)23-16(21)19-10-6-8-14(19)15(20)18-9-5-7-13(11-18)12-22-4/h13-14H,5-12H2,1-4H3. The second kappa shape index (κ2) is 7.51. The fourth-order valence-corrected chi connectivity index (χ4v) is 3.41. The Morgan fingerprint density at radius 2 is 1.83 bits per heavy atom. The number of methoxy groups -OCH3 is 1. The third-order valence-corrected chi connectivity index (χ3v) is 4.40. The minimum Gasteiger partial charge on any atom is -0.444 e. The van der Waals surface area contributed by atoms with E-state index in [2.05, 4.69) is 0 Å². The predicted molar refractivity (Wildman–Crippen MR) is 87.1 cm³/mol. The van der Waals surface area contributed by atoms with E-state index in [1.54, 1.807) is 12.0 Å². The molecule has 6 nitrogen and oxygen atoms in total. The fraction of sp³-hybridized carbons (Fsp3) is 0.882. The number of likely N-dealkylation sites (tertiary alicyclic amines) is 2. The van der Waals surface area contributed by atoms with Gasteiger partial charge in [0.15, 0.2) is 0 Å². The SMILES string of the molecule is COCC1CCCN(C(=O)C2CCCN2C(=O)OC(C)(C)C)C1. The van der Waals surface area contributed by atoms with E-state index in [-0.39, 0.29) is 18.0 Å². The number of hydrogen-bond donors (Lipinski definition) is 0. The molecule has 2 rings (SSSR count). The first-order valence-electron chi connectivity index (χ1n) is 8.59. The molecule has 0 saturated carbocycles. The van der Waals surface area contributed by atoms with Crippen molar-refractivity contribution < 1.29 is 19.1 Å². The molecule has 0 aromatic rings. The lowest BCUT2D eigenvalue weighted by Gasteiger charge is -2.36. The monoisotopic (exact) mass is 326 g/mol. The summed E-state index contributed by atoms with van der Waals surface area (Å²) in [6.45, 7) is 8.32. The zero-order valence-electron chi connectivity index (χ0n) is 14.8. The van der Waals surface area contributed by atoms with Gasteiger partial charge >= 0.3 is 6.09 Å². The molecule has 2 amide bonds. The summed E-state index contributed by atoms with van der Waals surface area (Å²) < 4.78 is 10.7. The zero-order chi connectivity index (χ0) is 17.0. The number of piperidine rings is 1. The topological polar surface area (TPSA) is 59.1 Å². The van der Waals surface area contributed by atoms with Gasteiger partial charge in [0.2, 0.25) is 5.91 Å². The quantitative estimate of drug-likeness (QED) is 0.798. The largest absolute Gasteiger partial charge is 0.444 e. The zero-order valence-corrected chi connectivity index (χ0v) is 14.8. The van der Waals surface area contributed by atoms with Crippen molar-refractivity contribution in [1.29, 1.82) is 0 Å². The maximum Gasteiger partial charge on any atom is 0.410 e. The Bertz CT molecular complexity index is 431. The summed E-state index contributed by atoms with van der Waals surface area (Å²) in [5.74, 6) is 0.461. The first-order chi connectivity index (χ1) is 10.8. The van der Waals surface area contributed by atoms with Crippen LogP contribution in [0.1, 0.15) is 46.5 Å². The number of nitrogens with zero attached hydrogens (tertiary/aromatic N) is 2. The van der Waals surface area contributed by atoms with E-state index in [9.17, 15) is 9.59 Å². The summed E-state index contributed by atoms with van der Waals surface area (Å²) in [7, 11) is 1.70. The first kappa shape index (κ1) is 18.0. The summed E-state index contributed by atoms with van der Waals surface area (Å²) in [6, 6.07) is -0.369. The number of rotatable bonds is 3. The average Bonchev–Trinajstić information content (AvgIpc) is 2.95. The van der Waals surface area contributed by atoms with Crippen molar-refractivity contribution in [3.05, 3.63) is 0 Å². The van der Waals surface area contributed by atoms with E-state index >= 15 is 0 Å². The molecule has 132 valence electrons. The molecule has 0 bridgehead atoms. The Balaban J connectivity index is 1.98. The molecule has 2 atom stereocenters. The van der Waals surface area contributed by atoms with Crippen LogP contribution in [0.25, 0.3) is 0 Å². The smallest absolute Gasteiger partial charge is 0.410 e. The summed E-state index contributed by atoms with van der Waals surface area (Å²) in [4.78, 5) is 28.7. The summed E-state index contributed by atoms with van der Waals surface area (Å²) >= 11 is 0. The number of carbonyl (C=O) groups excluding carboxylic acids is 2. The van der Waals surface area contributed by atoms with Crippen LogP contribution in [-0.2, 0) is 14.3 Å². The molecule has 0 aromatic carbocycles. The first-order valence-corrected chi connectivity index (χ1v) is 8.59. The Morgan fingerprint density at radius 3 is 2.48 bits per heavy atom. The van der Waals surface area contributed by atoms with Crippen LogP contribution in [0.5, 0.6) is 0 Å². The van der Waals surface area contributed by atoms with Crippen molar-refractivity contribution in [2.45, 2.75) is 58.1 Å². The van der Waals surface area contributed by atoms with E-state index in [1.807, 2.05) is 25.7 Å². The van der Waals surface area contributed by atoms with Gasteiger partial charge in [-0.1, -0.05) is 0 Å². The van der Waals surface area contributed by atoms with Crippen LogP contribution in [0.3, 0.4) is 0 Å². The fourth-order valence-electron chi connectivity index (χ4n) is 3.41. The van der Waals surface area contributed by atoms with Gasteiger partial charge in [0.05, 0.1) is 6.61 Å². The normalized spacial score (nSPS) is 25.6. The van der Waals surface area contributed by atoms with Gasteiger partial charge < -0.3 is 14.4 Å². The lowest BCUT2D eigenvalue weighted by molar-refractivity contribution is -0.138. The molecule has 0 spiro atoms. The molecule has 2 fully saturated rings. The van der Waals surface area contributed by atoms with Gasteiger partial charge in [0, 0.05) is 26.7 Å². The molecular formula is C17H30N2O4. The van der Waals surface area contributed by atoms with Crippen molar-refractivity contribution in [2.24, 2.45) is 5.92 Å². The van der Waals surface area contributed by atoms with Crippen molar-refractivity contribution in [2.75, 3.05) is 33.4 Å². The molecule has 2 aliphatic rings. The summed E-state index contributed by atoms with van der Waals surface area (Å²) in [5.41, 5.74) is -0.540. The molecule has 2 unspecified atom stereocenters. The van der Waals surface area contributed by atoms with Crippen LogP contribution in [0.4, 0.5) is 4.79 Å². The second-order valence-corrected chi connectivity index (χ2v) is 7.58. The van der Waals surface area contributed by atoms with Crippen LogP contribution < -0.4 is 0 Å². The van der Waals surface area contributed by atoms with E-state index < -0.39 is 5.60 Å². The lowest BCUT2D eigenvalue weighted by Crippen LogP contribution is -2.51. The van der Waals surface area contributed by atoms with E-state index in [0.29, 0.717) is 19.1 Å². The van der Waals surface area contributed by atoms with Gasteiger partial charge in [-0.3, -0.25) is 9.69 Å². The highest BCUT2D eigenvalue weighted by atomic mass is 16.6. The molecule has 0 aliphatic carbocycles. The van der Waals surface area contributed by atoms with Gasteiger partial charge in [0.1, 0.15) is 11.6 Å². The average molecular weight is 326 g/mol. The minimum atomic E-state index is -0.540. The second-order valence-electron chi connectivity index (χ2n) is 7.58. The van der Waals surface area contributed by atoms with Gasteiger partial charge in [0.25, 0.3) is 0 Å². The Hall–Kier alpha value is -1.30. The molecule has 0 N–H and O–H groups in total. The molecule has 2 saturated heterocycles. The van der Waals surface area contributed by atoms with E-state index in [4.69, 9.17) is 9.47 Å². The molecule has 2 heterocycles. The Morgan fingerprint density at radius 1 is 1.13 bits per heavy atom. The molecular weight excluding hydrogens is 296 g/mol. The molecule has 0 aromatic heterocycles. The molecule has 23 heavy (non-hydrogen) atoms. The maximum atomic E-state index is 12.9. The van der Waals surface area contributed by atoms with E-state index in [1.165, 1.54) is 0 Å². The number of carbonyl (C=O) groups is 2. The molecule has 0 radical (unpaired) electrons. The summed E-state index contributed by atoms with van der Waals surface area (Å²) in [5, 5.41) is 0. The van der Waals surface area contributed by atoms with Crippen LogP contribution >= 0.6 is 0 Å². The minimum absolute atomic E-state index is 0.0640. The highest BCUT2D eigenvalue weighted by Gasteiger charge is 2.39. The lowest BCUT2D eigenvalue weighted by atomic mass is 9.98. The van der Waals surface area contributed by atoms with Gasteiger partial charge in [-0.15, -0.1) is 0 Å². The Kier molecular flexibility index (Phi) is 5.89. The van der Waals surface area contributed by atoms with Gasteiger partial charge in [-0.25, -0.2) is 4.79 Å². The highest BCUT2D eigenvalue weighted by molar-refractivity contribution is 5.86. The number of amides is 2.